The average molecular weight is 398 g/mol. The fourth-order valence-electron chi connectivity index (χ4n) is 2.63. The second-order valence-electron chi connectivity index (χ2n) is 5.87. The Morgan fingerprint density at radius 2 is 2.04 bits per heavy atom. The molecule has 2 amide bonds. The van der Waals surface area contributed by atoms with E-state index in [2.05, 4.69) is 26.6 Å². The molecule has 1 aliphatic heterocycles. The molecule has 0 atom stereocenters. The lowest BCUT2D eigenvalue weighted by Gasteiger charge is -2.31. The van der Waals surface area contributed by atoms with Crippen molar-refractivity contribution in [2.24, 2.45) is 0 Å². The predicted molar refractivity (Wildman–Crippen MR) is 97.1 cm³/mol. The van der Waals surface area contributed by atoms with E-state index in [0.717, 1.165) is 28.6 Å². The van der Waals surface area contributed by atoms with Gasteiger partial charge in [-0.3, -0.25) is 4.79 Å². The number of anilines is 1. The Bertz CT molecular complexity index is 586. The standard InChI is InChI=1S/C17H24BrN3O3/c1-3-24-17(23)21-8-6-13(7-9-21)19-11-16(22)20-15-5-4-12(2)10-14(15)18/h4-5,10,13,19H,3,6-9,11H2,1-2H3,(H,20,22). The zero-order valence-corrected chi connectivity index (χ0v) is 15.7. The number of piperidine rings is 1. The second-order valence-corrected chi connectivity index (χ2v) is 6.73. The summed E-state index contributed by atoms with van der Waals surface area (Å²) >= 11 is 3.45. The quantitative estimate of drug-likeness (QED) is 0.800. The number of hydrogen-bond donors (Lipinski definition) is 2. The summed E-state index contributed by atoms with van der Waals surface area (Å²) in [7, 11) is 0. The van der Waals surface area contributed by atoms with Crippen molar-refractivity contribution in [3.05, 3.63) is 28.2 Å². The summed E-state index contributed by atoms with van der Waals surface area (Å²) in [5, 5.41) is 6.15. The zero-order chi connectivity index (χ0) is 17.5. The van der Waals surface area contributed by atoms with Crippen LogP contribution in [0, 0.1) is 6.92 Å². The van der Waals surface area contributed by atoms with E-state index in [1.165, 1.54) is 0 Å². The highest BCUT2D eigenvalue weighted by molar-refractivity contribution is 9.10. The molecule has 0 aliphatic carbocycles. The van der Waals surface area contributed by atoms with Gasteiger partial charge in [-0.25, -0.2) is 4.79 Å². The highest BCUT2D eigenvalue weighted by Gasteiger charge is 2.23. The van der Waals surface area contributed by atoms with Crippen molar-refractivity contribution in [2.75, 3.05) is 31.6 Å². The third-order valence-electron chi connectivity index (χ3n) is 3.97. The molecule has 0 spiro atoms. The number of aryl methyl sites for hydroxylation is 1. The first-order valence-electron chi connectivity index (χ1n) is 8.20. The molecule has 0 radical (unpaired) electrons. The molecule has 0 aromatic heterocycles. The molecule has 1 aromatic carbocycles. The van der Waals surface area contributed by atoms with Gasteiger partial charge in [-0.2, -0.15) is 0 Å². The lowest BCUT2D eigenvalue weighted by molar-refractivity contribution is -0.115. The summed E-state index contributed by atoms with van der Waals surface area (Å²) in [5.41, 5.74) is 1.90. The van der Waals surface area contributed by atoms with Crippen LogP contribution in [0.4, 0.5) is 10.5 Å². The van der Waals surface area contributed by atoms with Crippen molar-refractivity contribution in [2.45, 2.75) is 32.7 Å². The van der Waals surface area contributed by atoms with E-state index >= 15 is 0 Å². The first-order valence-corrected chi connectivity index (χ1v) is 9.00. The van der Waals surface area contributed by atoms with Gasteiger partial charge in [0.2, 0.25) is 5.91 Å². The summed E-state index contributed by atoms with van der Waals surface area (Å²) in [5.74, 6) is -0.0765. The van der Waals surface area contributed by atoms with E-state index in [4.69, 9.17) is 4.74 Å². The van der Waals surface area contributed by atoms with Crippen LogP contribution in [0.3, 0.4) is 0 Å². The molecule has 0 bridgehead atoms. The first kappa shape index (κ1) is 18.7. The highest BCUT2D eigenvalue weighted by Crippen LogP contribution is 2.23. The molecule has 1 heterocycles. The fourth-order valence-corrected chi connectivity index (χ4v) is 3.23. The molecule has 6 nitrogen and oxygen atoms in total. The van der Waals surface area contributed by atoms with Gasteiger partial charge in [-0.15, -0.1) is 0 Å². The van der Waals surface area contributed by atoms with Crippen LogP contribution >= 0.6 is 15.9 Å². The van der Waals surface area contributed by atoms with E-state index < -0.39 is 0 Å². The predicted octanol–water partition coefficient (Wildman–Crippen LogP) is 2.91. The van der Waals surface area contributed by atoms with Crippen molar-refractivity contribution in [3.8, 4) is 0 Å². The number of rotatable bonds is 5. The SMILES string of the molecule is CCOC(=O)N1CCC(NCC(=O)Nc2ccc(C)cc2Br)CC1. The van der Waals surface area contributed by atoms with Gasteiger partial charge in [0.15, 0.2) is 0 Å². The number of hydrogen-bond acceptors (Lipinski definition) is 4. The minimum absolute atomic E-state index is 0.0765. The molecule has 0 saturated carbocycles. The molecule has 1 fully saturated rings. The number of amides is 2. The maximum atomic E-state index is 12.1. The monoisotopic (exact) mass is 397 g/mol. The van der Waals surface area contributed by atoms with E-state index in [0.29, 0.717) is 19.7 Å². The van der Waals surface area contributed by atoms with Gasteiger partial charge in [0.05, 0.1) is 18.8 Å². The molecular weight excluding hydrogens is 374 g/mol. The summed E-state index contributed by atoms with van der Waals surface area (Å²) in [4.78, 5) is 25.4. The molecule has 132 valence electrons. The Morgan fingerprint density at radius 3 is 2.67 bits per heavy atom. The number of carbonyl (C=O) groups excluding carboxylic acids is 2. The normalized spacial score (nSPS) is 15.2. The van der Waals surface area contributed by atoms with Crippen molar-refractivity contribution < 1.29 is 14.3 Å². The minimum Gasteiger partial charge on any atom is -0.450 e. The number of benzene rings is 1. The lowest BCUT2D eigenvalue weighted by atomic mass is 10.1. The maximum Gasteiger partial charge on any atom is 0.409 e. The molecule has 0 unspecified atom stereocenters. The van der Waals surface area contributed by atoms with Crippen LogP contribution in [0.25, 0.3) is 0 Å². The lowest BCUT2D eigenvalue weighted by Crippen LogP contribution is -2.46. The Kier molecular flexibility index (Phi) is 7.05. The first-order chi connectivity index (χ1) is 11.5. The van der Waals surface area contributed by atoms with Gasteiger partial charge in [0, 0.05) is 23.6 Å². The fraction of sp³-hybridized carbons (Fsp3) is 0.529. The molecule has 1 aliphatic rings. The number of nitrogens with one attached hydrogen (secondary N) is 2. The number of carbonyl (C=O) groups is 2. The van der Waals surface area contributed by atoms with Crippen molar-refractivity contribution in [1.29, 1.82) is 0 Å². The van der Waals surface area contributed by atoms with Gasteiger partial charge >= 0.3 is 6.09 Å². The second kappa shape index (κ2) is 9.03. The van der Waals surface area contributed by atoms with Crippen LogP contribution < -0.4 is 10.6 Å². The number of nitrogens with zero attached hydrogens (tertiary/aromatic N) is 1. The Morgan fingerprint density at radius 1 is 1.33 bits per heavy atom. The molecule has 2 rings (SSSR count). The maximum absolute atomic E-state index is 12.1. The van der Waals surface area contributed by atoms with Crippen molar-refractivity contribution >= 4 is 33.6 Å². The smallest absolute Gasteiger partial charge is 0.409 e. The Hall–Kier alpha value is -1.60. The van der Waals surface area contributed by atoms with E-state index in [1.54, 1.807) is 11.8 Å². The van der Waals surface area contributed by atoms with Crippen LogP contribution in [0.5, 0.6) is 0 Å². The van der Waals surface area contributed by atoms with Gasteiger partial charge in [0.1, 0.15) is 0 Å². The van der Waals surface area contributed by atoms with Gasteiger partial charge in [-0.05, 0) is 60.3 Å². The third kappa shape index (κ3) is 5.49. The van der Waals surface area contributed by atoms with E-state index in [9.17, 15) is 9.59 Å². The van der Waals surface area contributed by atoms with Crippen LogP contribution in [-0.2, 0) is 9.53 Å². The summed E-state index contributed by atoms with van der Waals surface area (Å²) in [6.45, 7) is 5.76. The van der Waals surface area contributed by atoms with Crippen LogP contribution in [0.15, 0.2) is 22.7 Å². The van der Waals surface area contributed by atoms with Crippen LogP contribution in [0.1, 0.15) is 25.3 Å². The van der Waals surface area contributed by atoms with Gasteiger partial charge in [-0.1, -0.05) is 6.07 Å². The van der Waals surface area contributed by atoms with Crippen molar-refractivity contribution in [3.63, 3.8) is 0 Å². The van der Waals surface area contributed by atoms with Crippen LogP contribution in [0.2, 0.25) is 0 Å². The molecule has 7 heteroatoms. The van der Waals surface area contributed by atoms with E-state index in [-0.39, 0.29) is 24.6 Å². The largest absolute Gasteiger partial charge is 0.450 e. The molecule has 24 heavy (non-hydrogen) atoms. The minimum atomic E-state index is -0.252. The molecule has 1 saturated heterocycles. The summed E-state index contributed by atoms with van der Waals surface area (Å²) in [6.07, 6.45) is 1.39. The third-order valence-corrected chi connectivity index (χ3v) is 4.63. The summed E-state index contributed by atoms with van der Waals surface area (Å²) in [6, 6.07) is 6.05. The van der Waals surface area contributed by atoms with Gasteiger partial charge < -0.3 is 20.3 Å². The molecule has 1 aromatic rings. The van der Waals surface area contributed by atoms with Gasteiger partial charge in [0.25, 0.3) is 0 Å². The van der Waals surface area contributed by atoms with Crippen LogP contribution in [-0.4, -0.2) is 49.2 Å². The highest BCUT2D eigenvalue weighted by atomic mass is 79.9. The number of likely N-dealkylation sites (tertiary alicyclic amines) is 1. The Balaban J connectivity index is 1.72. The zero-order valence-electron chi connectivity index (χ0n) is 14.1. The van der Waals surface area contributed by atoms with E-state index in [1.807, 2.05) is 25.1 Å². The number of ether oxygens (including phenoxy) is 1. The molecular formula is C17H24BrN3O3. The topological polar surface area (TPSA) is 70.7 Å². The van der Waals surface area contributed by atoms with Crippen molar-refractivity contribution in [1.82, 2.24) is 10.2 Å². The molecule has 2 N–H and O–H groups in total. The summed E-state index contributed by atoms with van der Waals surface area (Å²) < 4.78 is 5.87. The average Bonchev–Trinajstić information content (AvgIpc) is 2.56. The number of halogens is 1. The Labute approximate surface area is 151 Å².